The first kappa shape index (κ1) is 22.1. The van der Waals surface area contributed by atoms with Crippen LogP contribution in [0.2, 0.25) is 0 Å². The Hall–Kier alpha value is -1.55. The van der Waals surface area contributed by atoms with E-state index in [-0.39, 0.29) is 10.9 Å². The van der Waals surface area contributed by atoms with Crippen molar-refractivity contribution >= 4 is 33.4 Å². The van der Waals surface area contributed by atoms with Crippen LogP contribution in [0.15, 0.2) is 42.5 Å². The molecule has 3 rings (SSSR count). The predicted octanol–water partition coefficient (Wildman–Crippen LogP) is 6.22. The summed E-state index contributed by atoms with van der Waals surface area (Å²) in [5.74, 6) is 0. The van der Waals surface area contributed by atoms with Crippen LogP contribution in [-0.4, -0.2) is 54.9 Å². The Balaban J connectivity index is 2.18. The van der Waals surface area contributed by atoms with Gasteiger partial charge in [-0.25, -0.2) is 0 Å². The molecule has 0 fully saturated rings. The quantitative estimate of drug-likeness (QED) is 0.315. The van der Waals surface area contributed by atoms with Gasteiger partial charge in [0.2, 0.25) is 0 Å². The summed E-state index contributed by atoms with van der Waals surface area (Å²) in [5.41, 5.74) is 3.49. The number of alkyl halides is 1. The van der Waals surface area contributed by atoms with Gasteiger partial charge in [0.1, 0.15) is 0 Å². The van der Waals surface area contributed by atoms with Gasteiger partial charge in [-0.3, -0.25) is 4.90 Å². The van der Waals surface area contributed by atoms with Gasteiger partial charge in [0, 0.05) is 16.3 Å². The van der Waals surface area contributed by atoms with Crippen LogP contribution >= 0.6 is 11.6 Å². The second-order valence-electron chi connectivity index (χ2n) is 8.73. The molecule has 4 heteroatoms. The Kier molecular flexibility index (Phi) is 7.26. The molecule has 1 heterocycles. The number of nitrogens with zero attached hydrogens (tertiary/aromatic N) is 2. The summed E-state index contributed by atoms with van der Waals surface area (Å²) in [6, 6.07) is 15.3. The van der Waals surface area contributed by atoms with Crippen LogP contribution in [0.1, 0.15) is 44.6 Å². The fourth-order valence-corrected chi connectivity index (χ4v) is 5.22. The molecule has 0 saturated heterocycles. The monoisotopic (exact) mass is 413 g/mol. The first-order valence-corrected chi connectivity index (χ1v) is 11.3. The van der Waals surface area contributed by atoms with Crippen molar-refractivity contribution in [3.05, 3.63) is 48.0 Å². The second kappa shape index (κ2) is 9.51. The van der Waals surface area contributed by atoms with E-state index in [1.165, 1.54) is 46.6 Å². The number of unbranched alkanes of at least 4 members (excludes halogenated alkanes) is 2. The number of para-hydroxylation sites is 2. The molecule has 0 spiro atoms. The normalized spacial score (nSPS) is 15.4. The summed E-state index contributed by atoms with van der Waals surface area (Å²) in [4.78, 5) is 8.34. The number of hydrogen-bond acceptors (Lipinski definition) is 2. The smallest absolute Gasteiger partial charge is 0.0653 e. The minimum atomic E-state index is -0.236. The summed E-state index contributed by atoms with van der Waals surface area (Å²) in [7, 11) is 8.66. The average molecular weight is 414 g/mol. The molecule has 0 amide bonds. The minimum absolute atomic E-state index is 0.0426. The first-order valence-electron chi connectivity index (χ1n) is 10.9. The number of nitrogens with one attached hydrogen (secondary N) is 1. The highest BCUT2D eigenvalue weighted by Gasteiger charge is 2.42. The van der Waals surface area contributed by atoms with Gasteiger partial charge in [0.05, 0.1) is 16.4 Å². The van der Waals surface area contributed by atoms with Crippen molar-refractivity contribution < 1.29 is 0 Å². The van der Waals surface area contributed by atoms with Crippen molar-refractivity contribution in [1.82, 2.24) is 14.8 Å². The van der Waals surface area contributed by atoms with Gasteiger partial charge in [-0.2, -0.15) is 0 Å². The molecule has 0 bridgehead atoms. The topological polar surface area (TPSA) is 22.3 Å². The third-order valence-corrected chi connectivity index (χ3v) is 6.90. The Morgan fingerprint density at radius 2 is 1.69 bits per heavy atom. The number of aromatic nitrogens is 1. The molecule has 2 unspecified atom stereocenters. The largest absolute Gasteiger partial charge is 0.354 e. The van der Waals surface area contributed by atoms with Crippen molar-refractivity contribution in [2.75, 3.05) is 34.7 Å². The van der Waals surface area contributed by atoms with Crippen molar-refractivity contribution in [1.29, 1.82) is 0 Å². The highest BCUT2D eigenvalue weighted by Crippen LogP contribution is 2.43. The van der Waals surface area contributed by atoms with E-state index in [1.807, 2.05) is 0 Å². The van der Waals surface area contributed by atoms with Crippen molar-refractivity contribution in [3.63, 3.8) is 0 Å². The maximum absolute atomic E-state index is 7.28. The Bertz CT molecular complexity index is 930. The molecule has 3 nitrogen and oxygen atoms in total. The van der Waals surface area contributed by atoms with Crippen LogP contribution in [-0.2, 0) is 5.54 Å². The van der Waals surface area contributed by atoms with Gasteiger partial charge in [-0.15, -0.1) is 11.6 Å². The maximum Gasteiger partial charge on any atom is 0.0653 e. The van der Waals surface area contributed by atoms with Crippen LogP contribution in [0.25, 0.3) is 21.8 Å². The molecule has 29 heavy (non-hydrogen) atoms. The van der Waals surface area contributed by atoms with Crippen LogP contribution in [0.3, 0.4) is 0 Å². The maximum atomic E-state index is 7.28. The molecule has 1 N–H and O–H groups in total. The first-order chi connectivity index (χ1) is 13.9. The standard InChI is InChI=1S/C25H36ClN3/c1-6-7-8-16-23(26)25(29(4)5,17-18-28(2)3)21-14-11-13-20-19-12-9-10-15-22(19)27-24(20)21/h9-15,23,27H,6-8,16-18H2,1-5H3. The lowest BCUT2D eigenvalue weighted by atomic mass is 9.79. The number of rotatable bonds is 10. The minimum Gasteiger partial charge on any atom is -0.354 e. The molecule has 0 aliphatic rings. The molecule has 0 aliphatic heterocycles. The third kappa shape index (κ3) is 4.33. The van der Waals surface area contributed by atoms with Crippen molar-refractivity contribution in [3.8, 4) is 0 Å². The zero-order valence-corrected chi connectivity index (χ0v) is 19.4. The number of halogens is 1. The molecule has 1 aromatic heterocycles. The lowest BCUT2D eigenvalue weighted by Gasteiger charge is -2.45. The molecule has 158 valence electrons. The zero-order chi connectivity index (χ0) is 21.0. The van der Waals surface area contributed by atoms with Gasteiger partial charge in [-0.1, -0.05) is 62.6 Å². The Morgan fingerprint density at radius 3 is 2.38 bits per heavy atom. The van der Waals surface area contributed by atoms with Crippen LogP contribution < -0.4 is 0 Å². The number of H-pyrrole nitrogens is 1. The van der Waals surface area contributed by atoms with Crippen LogP contribution in [0.4, 0.5) is 0 Å². The molecule has 0 saturated carbocycles. The lowest BCUT2D eigenvalue weighted by molar-refractivity contribution is 0.116. The van der Waals surface area contributed by atoms with E-state index in [4.69, 9.17) is 11.6 Å². The molecule has 2 aromatic carbocycles. The molecule has 0 radical (unpaired) electrons. The SMILES string of the molecule is CCCCCC(Cl)C(CCN(C)C)(c1cccc2c1[nH]c1ccccc12)N(C)C. The lowest BCUT2D eigenvalue weighted by Crippen LogP contribution is -2.50. The highest BCUT2D eigenvalue weighted by molar-refractivity contribution is 6.21. The van der Waals surface area contributed by atoms with E-state index >= 15 is 0 Å². The number of fused-ring (bicyclic) bond motifs is 3. The summed E-state index contributed by atoms with van der Waals surface area (Å²) in [6.07, 6.45) is 5.63. The van der Waals surface area contributed by atoms with E-state index in [2.05, 4.69) is 92.4 Å². The third-order valence-electron chi connectivity index (χ3n) is 6.33. The fourth-order valence-electron chi connectivity index (χ4n) is 4.64. The van der Waals surface area contributed by atoms with Crippen molar-refractivity contribution in [2.24, 2.45) is 0 Å². The summed E-state index contributed by atoms with van der Waals surface area (Å²) >= 11 is 7.28. The average Bonchev–Trinajstić information content (AvgIpc) is 3.07. The molecule has 0 aliphatic carbocycles. The summed E-state index contributed by atoms with van der Waals surface area (Å²) in [5, 5.41) is 2.61. The zero-order valence-electron chi connectivity index (χ0n) is 18.6. The molecular formula is C25H36ClN3. The number of benzene rings is 2. The second-order valence-corrected chi connectivity index (χ2v) is 9.26. The van der Waals surface area contributed by atoms with Crippen LogP contribution in [0, 0.1) is 0 Å². The predicted molar refractivity (Wildman–Crippen MR) is 128 cm³/mol. The Morgan fingerprint density at radius 1 is 0.966 bits per heavy atom. The summed E-state index contributed by atoms with van der Waals surface area (Å²) < 4.78 is 0. The fraction of sp³-hybridized carbons (Fsp3) is 0.520. The van der Waals surface area contributed by atoms with Crippen LogP contribution in [0.5, 0.6) is 0 Å². The summed E-state index contributed by atoms with van der Waals surface area (Å²) in [6.45, 7) is 3.24. The van der Waals surface area contributed by atoms with Gasteiger partial charge < -0.3 is 9.88 Å². The van der Waals surface area contributed by atoms with Gasteiger partial charge in [0.25, 0.3) is 0 Å². The Labute approximate surface area is 181 Å². The number of hydrogen-bond donors (Lipinski definition) is 1. The van der Waals surface area contributed by atoms with Crippen molar-refractivity contribution in [2.45, 2.75) is 49.9 Å². The molecular weight excluding hydrogens is 378 g/mol. The van der Waals surface area contributed by atoms with Gasteiger partial charge in [0.15, 0.2) is 0 Å². The van der Waals surface area contributed by atoms with E-state index < -0.39 is 0 Å². The molecule has 2 atom stereocenters. The van der Waals surface area contributed by atoms with E-state index in [9.17, 15) is 0 Å². The number of aromatic amines is 1. The van der Waals surface area contributed by atoms with E-state index in [0.29, 0.717) is 0 Å². The van der Waals surface area contributed by atoms with Gasteiger partial charge >= 0.3 is 0 Å². The van der Waals surface area contributed by atoms with E-state index in [0.717, 1.165) is 19.4 Å². The molecule has 3 aromatic rings. The highest BCUT2D eigenvalue weighted by atomic mass is 35.5. The van der Waals surface area contributed by atoms with E-state index in [1.54, 1.807) is 0 Å². The van der Waals surface area contributed by atoms with Gasteiger partial charge in [-0.05, 0) is 59.2 Å².